The molecule has 150 valence electrons. The normalized spacial score (nSPS) is 16.8. The Balaban J connectivity index is 1.48. The maximum Gasteiger partial charge on any atom is 0.238 e. The SMILES string of the molecule is CC(=O)Nc1ccccc1NC(=O)CN1CCC[C@@H]1c1nc2c(C)cccc2[nH]1. The van der Waals surface area contributed by atoms with Crippen molar-refractivity contribution in [2.24, 2.45) is 0 Å². The first-order valence-electron chi connectivity index (χ1n) is 9.87. The summed E-state index contributed by atoms with van der Waals surface area (Å²) in [6.45, 7) is 4.62. The summed E-state index contributed by atoms with van der Waals surface area (Å²) < 4.78 is 0. The zero-order valence-electron chi connectivity index (χ0n) is 16.7. The lowest BCUT2D eigenvalue weighted by atomic mass is 10.2. The number of likely N-dealkylation sites (tertiary alicyclic amines) is 1. The number of fused-ring (bicyclic) bond motifs is 1. The second-order valence-corrected chi connectivity index (χ2v) is 7.50. The number of hydrogen-bond donors (Lipinski definition) is 3. The zero-order valence-corrected chi connectivity index (χ0v) is 16.7. The number of aromatic nitrogens is 2. The van der Waals surface area contributed by atoms with Crippen molar-refractivity contribution in [1.82, 2.24) is 14.9 Å². The van der Waals surface area contributed by atoms with Gasteiger partial charge in [0.25, 0.3) is 0 Å². The standard InChI is InChI=1S/C22H25N5O2/c1-14-7-5-10-18-21(14)26-22(25-18)19-11-6-12-27(19)13-20(29)24-17-9-4-3-8-16(17)23-15(2)28/h3-5,7-10,19H,6,11-13H2,1-2H3,(H,23,28)(H,24,29)(H,25,26)/t19-/m1/s1. The third-order valence-electron chi connectivity index (χ3n) is 5.27. The van der Waals surface area contributed by atoms with E-state index < -0.39 is 0 Å². The molecule has 2 aromatic carbocycles. The number of aromatic amines is 1. The summed E-state index contributed by atoms with van der Waals surface area (Å²) in [5.74, 6) is 0.631. The van der Waals surface area contributed by atoms with E-state index in [1.807, 2.05) is 24.3 Å². The molecular weight excluding hydrogens is 366 g/mol. The molecule has 1 aliphatic heterocycles. The van der Waals surface area contributed by atoms with Crippen LogP contribution >= 0.6 is 0 Å². The van der Waals surface area contributed by atoms with Crippen molar-refractivity contribution in [2.75, 3.05) is 23.7 Å². The number of imidazole rings is 1. The molecule has 1 aliphatic rings. The van der Waals surface area contributed by atoms with Crippen molar-refractivity contribution in [1.29, 1.82) is 0 Å². The van der Waals surface area contributed by atoms with Gasteiger partial charge in [-0.3, -0.25) is 14.5 Å². The van der Waals surface area contributed by atoms with Crippen molar-refractivity contribution in [2.45, 2.75) is 32.7 Å². The van der Waals surface area contributed by atoms with Gasteiger partial charge in [0.2, 0.25) is 11.8 Å². The number of carbonyl (C=O) groups excluding carboxylic acids is 2. The summed E-state index contributed by atoms with van der Waals surface area (Å²) in [6.07, 6.45) is 1.99. The van der Waals surface area contributed by atoms with Gasteiger partial charge < -0.3 is 15.6 Å². The summed E-state index contributed by atoms with van der Waals surface area (Å²) >= 11 is 0. The van der Waals surface area contributed by atoms with E-state index in [0.29, 0.717) is 11.4 Å². The minimum absolute atomic E-state index is 0.0955. The minimum atomic E-state index is -0.175. The summed E-state index contributed by atoms with van der Waals surface area (Å²) in [7, 11) is 0. The number of rotatable bonds is 5. The number of benzene rings is 2. The van der Waals surface area contributed by atoms with Crippen LogP contribution in [0.4, 0.5) is 11.4 Å². The first-order chi connectivity index (χ1) is 14.0. The summed E-state index contributed by atoms with van der Waals surface area (Å²) in [4.78, 5) is 34.5. The highest BCUT2D eigenvalue weighted by molar-refractivity contribution is 5.99. The number of aryl methyl sites for hydroxylation is 1. The molecule has 1 atom stereocenters. The minimum Gasteiger partial charge on any atom is -0.341 e. The van der Waals surface area contributed by atoms with Crippen LogP contribution in [0, 0.1) is 6.92 Å². The lowest BCUT2D eigenvalue weighted by Crippen LogP contribution is -2.33. The number of anilines is 2. The number of carbonyl (C=O) groups is 2. The zero-order chi connectivity index (χ0) is 20.4. The first kappa shape index (κ1) is 19.1. The topological polar surface area (TPSA) is 90.1 Å². The van der Waals surface area contributed by atoms with E-state index >= 15 is 0 Å². The molecule has 2 amide bonds. The van der Waals surface area contributed by atoms with Crippen LogP contribution in [0.25, 0.3) is 11.0 Å². The van der Waals surface area contributed by atoms with E-state index in [1.165, 1.54) is 6.92 Å². The van der Waals surface area contributed by atoms with Crippen LogP contribution < -0.4 is 10.6 Å². The highest BCUT2D eigenvalue weighted by Crippen LogP contribution is 2.32. The van der Waals surface area contributed by atoms with Crippen LogP contribution in [0.1, 0.15) is 37.2 Å². The van der Waals surface area contributed by atoms with Gasteiger partial charge >= 0.3 is 0 Å². The fourth-order valence-corrected chi connectivity index (χ4v) is 3.94. The average molecular weight is 391 g/mol. The largest absolute Gasteiger partial charge is 0.341 e. The summed E-state index contributed by atoms with van der Waals surface area (Å²) in [5, 5.41) is 5.67. The molecule has 1 aromatic heterocycles. The average Bonchev–Trinajstić information content (AvgIpc) is 3.30. The lowest BCUT2D eigenvalue weighted by molar-refractivity contribution is -0.117. The van der Waals surface area contributed by atoms with Gasteiger partial charge in [-0.05, 0) is 50.1 Å². The monoisotopic (exact) mass is 391 g/mol. The van der Waals surface area contributed by atoms with E-state index in [2.05, 4.69) is 33.5 Å². The number of nitrogens with zero attached hydrogens (tertiary/aromatic N) is 2. The van der Waals surface area contributed by atoms with E-state index in [-0.39, 0.29) is 24.4 Å². The van der Waals surface area contributed by atoms with Crippen LogP contribution in [-0.4, -0.2) is 39.8 Å². The molecule has 0 saturated carbocycles. The smallest absolute Gasteiger partial charge is 0.238 e. The van der Waals surface area contributed by atoms with Gasteiger partial charge in [-0.2, -0.15) is 0 Å². The van der Waals surface area contributed by atoms with Gasteiger partial charge in [0.1, 0.15) is 5.82 Å². The fraction of sp³-hybridized carbons (Fsp3) is 0.318. The highest BCUT2D eigenvalue weighted by atomic mass is 16.2. The molecule has 7 nitrogen and oxygen atoms in total. The van der Waals surface area contributed by atoms with Crippen LogP contribution in [0.15, 0.2) is 42.5 Å². The molecular formula is C22H25N5O2. The molecule has 1 saturated heterocycles. The molecule has 0 spiro atoms. The molecule has 3 aromatic rings. The third kappa shape index (κ3) is 4.14. The van der Waals surface area contributed by atoms with Crippen LogP contribution in [0.2, 0.25) is 0 Å². The van der Waals surface area contributed by atoms with Crippen molar-refractivity contribution in [3.05, 3.63) is 53.9 Å². The van der Waals surface area contributed by atoms with Crippen LogP contribution in [0.3, 0.4) is 0 Å². The number of H-pyrrole nitrogens is 1. The predicted molar refractivity (Wildman–Crippen MR) is 114 cm³/mol. The molecule has 2 heterocycles. The van der Waals surface area contributed by atoms with Crippen LogP contribution in [-0.2, 0) is 9.59 Å². The predicted octanol–water partition coefficient (Wildman–Crippen LogP) is 3.61. The molecule has 1 fully saturated rings. The van der Waals surface area contributed by atoms with Crippen LogP contribution in [0.5, 0.6) is 0 Å². The number of para-hydroxylation sites is 3. The molecule has 0 aliphatic carbocycles. The quantitative estimate of drug-likeness (QED) is 0.620. The molecule has 0 radical (unpaired) electrons. The van der Waals surface area contributed by atoms with Gasteiger partial charge in [-0.1, -0.05) is 24.3 Å². The molecule has 0 unspecified atom stereocenters. The maximum absolute atomic E-state index is 12.7. The number of hydrogen-bond acceptors (Lipinski definition) is 4. The van der Waals surface area contributed by atoms with Crippen molar-refractivity contribution >= 4 is 34.2 Å². The van der Waals surface area contributed by atoms with Gasteiger partial charge in [-0.15, -0.1) is 0 Å². The van der Waals surface area contributed by atoms with Crippen molar-refractivity contribution in [3.8, 4) is 0 Å². The maximum atomic E-state index is 12.7. The second kappa shape index (κ2) is 8.05. The van der Waals surface area contributed by atoms with Gasteiger partial charge in [0, 0.05) is 6.92 Å². The van der Waals surface area contributed by atoms with E-state index in [0.717, 1.165) is 41.8 Å². The van der Waals surface area contributed by atoms with Gasteiger partial charge in [0.15, 0.2) is 0 Å². The molecule has 4 rings (SSSR count). The molecule has 29 heavy (non-hydrogen) atoms. The molecule has 7 heteroatoms. The third-order valence-corrected chi connectivity index (χ3v) is 5.27. The van der Waals surface area contributed by atoms with Crippen molar-refractivity contribution < 1.29 is 9.59 Å². The Morgan fingerprint density at radius 1 is 1.14 bits per heavy atom. The Kier molecular flexibility index (Phi) is 5.31. The van der Waals surface area contributed by atoms with E-state index in [9.17, 15) is 9.59 Å². The van der Waals surface area contributed by atoms with E-state index in [1.54, 1.807) is 12.1 Å². The summed E-state index contributed by atoms with van der Waals surface area (Å²) in [5.41, 5.74) is 4.35. The first-order valence-corrected chi connectivity index (χ1v) is 9.87. The molecule has 0 bridgehead atoms. The highest BCUT2D eigenvalue weighted by Gasteiger charge is 2.30. The Bertz CT molecular complexity index is 1060. The Morgan fingerprint density at radius 3 is 2.62 bits per heavy atom. The van der Waals surface area contributed by atoms with E-state index in [4.69, 9.17) is 4.98 Å². The number of nitrogens with one attached hydrogen (secondary N) is 3. The lowest BCUT2D eigenvalue weighted by Gasteiger charge is -2.22. The molecule has 3 N–H and O–H groups in total. The summed E-state index contributed by atoms with van der Waals surface area (Å²) in [6, 6.07) is 13.4. The van der Waals surface area contributed by atoms with Gasteiger partial charge in [-0.25, -0.2) is 4.98 Å². The second-order valence-electron chi connectivity index (χ2n) is 7.50. The Hall–Kier alpha value is -3.19. The van der Waals surface area contributed by atoms with Crippen molar-refractivity contribution in [3.63, 3.8) is 0 Å². The van der Waals surface area contributed by atoms with Gasteiger partial charge in [0.05, 0.1) is 35.0 Å². The number of amides is 2. The Labute approximate surface area is 169 Å². The Morgan fingerprint density at radius 2 is 1.90 bits per heavy atom. The fourth-order valence-electron chi connectivity index (χ4n) is 3.94.